The third-order valence-electron chi connectivity index (χ3n) is 3.39. The second kappa shape index (κ2) is 9.61. The van der Waals surface area contributed by atoms with Crippen LogP contribution < -0.4 is 5.32 Å². The first kappa shape index (κ1) is 18.7. The summed E-state index contributed by atoms with van der Waals surface area (Å²) in [5.74, 6) is -0.786. The smallest absolute Gasteiger partial charge is 0.317 e. The number of carbonyl (C=O) groups excluding carboxylic acids is 1. The van der Waals surface area contributed by atoms with E-state index in [1.165, 1.54) is 0 Å². The van der Waals surface area contributed by atoms with E-state index in [0.717, 1.165) is 25.8 Å². The predicted octanol–water partition coefficient (Wildman–Crippen LogP) is 3.10. The van der Waals surface area contributed by atoms with Crippen LogP contribution in [-0.4, -0.2) is 40.6 Å². The Morgan fingerprint density at radius 2 is 1.75 bits per heavy atom. The lowest BCUT2D eigenvalue weighted by molar-refractivity contribution is -0.137. The van der Waals surface area contributed by atoms with Crippen LogP contribution in [0.15, 0.2) is 0 Å². The van der Waals surface area contributed by atoms with Gasteiger partial charge in [-0.15, -0.1) is 0 Å². The number of rotatable bonds is 9. The van der Waals surface area contributed by atoms with Crippen molar-refractivity contribution in [2.75, 3.05) is 6.54 Å². The number of aliphatic carboxylic acids is 1. The van der Waals surface area contributed by atoms with Crippen molar-refractivity contribution in [3.05, 3.63) is 0 Å². The molecule has 0 saturated carbocycles. The first-order valence-corrected chi connectivity index (χ1v) is 7.58. The molecular weight excluding hydrogens is 256 g/mol. The van der Waals surface area contributed by atoms with Crippen molar-refractivity contribution in [3.8, 4) is 0 Å². The Labute approximate surface area is 122 Å². The molecule has 1 atom stereocenters. The van der Waals surface area contributed by atoms with Gasteiger partial charge in [-0.2, -0.15) is 0 Å². The van der Waals surface area contributed by atoms with E-state index in [-0.39, 0.29) is 30.5 Å². The highest BCUT2D eigenvalue weighted by atomic mass is 16.4. The number of hydrogen-bond donors (Lipinski definition) is 2. The zero-order valence-corrected chi connectivity index (χ0v) is 13.5. The molecule has 1 unspecified atom stereocenters. The fraction of sp³-hybridized carbons (Fsp3) is 0.867. The van der Waals surface area contributed by atoms with Crippen molar-refractivity contribution in [2.45, 2.75) is 72.4 Å². The van der Waals surface area contributed by atoms with E-state index in [0.29, 0.717) is 0 Å². The highest BCUT2D eigenvalue weighted by Crippen LogP contribution is 2.09. The standard InChI is InChI=1S/C15H30N2O3/c1-6-7-8-9-17(12(4)5)15(20)16-13(11(2)3)10-14(18)19/h11-13H,6-10H2,1-5H3,(H,16,20)(H,18,19). The molecule has 0 saturated heterocycles. The van der Waals surface area contributed by atoms with Crippen LogP contribution in [0.4, 0.5) is 4.79 Å². The molecule has 0 aliphatic rings. The zero-order chi connectivity index (χ0) is 15.7. The number of nitrogens with one attached hydrogen (secondary N) is 1. The molecule has 0 rings (SSSR count). The van der Waals surface area contributed by atoms with Gasteiger partial charge < -0.3 is 15.3 Å². The van der Waals surface area contributed by atoms with Gasteiger partial charge in [-0.25, -0.2) is 4.79 Å². The average molecular weight is 286 g/mol. The normalized spacial score (nSPS) is 12.6. The molecule has 20 heavy (non-hydrogen) atoms. The molecule has 0 aliphatic heterocycles. The van der Waals surface area contributed by atoms with E-state index in [1.807, 2.05) is 27.7 Å². The molecule has 0 heterocycles. The van der Waals surface area contributed by atoms with Crippen molar-refractivity contribution in [3.63, 3.8) is 0 Å². The Bertz CT molecular complexity index is 303. The fourth-order valence-electron chi connectivity index (χ4n) is 2.01. The van der Waals surface area contributed by atoms with Gasteiger partial charge in [-0.3, -0.25) is 4.79 Å². The summed E-state index contributed by atoms with van der Waals surface area (Å²) in [7, 11) is 0. The number of urea groups is 1. The summed E-state index contributed by atoms with van der Waals surface area (Å²) >= 11 is 0. The lowest BCUT2D eigenvalue weighted by Crippen LogP contribution is -2.50. The van der Waals surface area contributed by atoms with Crippen LogP contribution in [-0.2, 0) is 4.79 Å². The maximum atomic E-state index is 12.3. The monoisotopic (exact) mass is 286 g/mol. The van der Waals surface area contributed by atoms with Crippen molar-refractivity contribution >= 4 is 12.0 Å². The van der Waals surface area contributed by atoms with Gasteiger partial charge in [0.25, 0.3) is 0 Å². The Morgan fingerprint density at radius 1 is 1.15 bits per heavy atom. The largest absolute Gasteiger partial charge is 0.481 e. The van der Waals surface area contributed by atoms with Crippen molar-refractivity contribution in [2.24, 2.45) is 5.92 Å². The maximum Gasteiger partial charge on any atom is 0.317 e. The van der Waals surface area contributed by atoms with Gasteiger partial charge in [0.15, 0.2) is 0 Å². The number of carbonyl (C=O) groups is 2. The third kappa shape index (κ3) is 7.36. The number of unbranched alkanes of at least 4 members (excludes halogenated alkanes) is 2. The van der Waals surface area contributed by atoms with Crippen LogP contribution >= 0.6 is 0 Å². The minimum absolute atomic E-state index is 0.0374. The van der Waals surface area contributed by atoms with Crippen molar-refractivity contribution in [1.82, 2.24) is 10.2 Å². The van der Waals surface area contributed by atoms with E-state index < -0.39 is 5.97 Å². The van der Waals surface area contributed by atoms with Crippen LogP contribution in [0, 0.1) is 5.92 Å². The molecule has 0 aromatic heterocycles. The van der Waals surface area contributed by atoms with E-state index in [9.17, 15) is 9.59 Å². The summed E-state index contributed by atoms with van der Waals surface area (Å²) in [6.45, 7) is 10.6. The Kier molecular flexibility index (Phi) is 9.01. The van der Waals surface area contributed by atoms with Gasteiger partial charge in [-0.05, 0) is 26.2 Å². The lowest BCUT2D eigenvalue weighted by Gasteiger charge is -2.30. The molecular formula is C15H30N2O3. The van der Waals surface area contributed by atoms with Gasteiger partial charge in [0.2, 0.25) is 0 Å². The molecule has 0 spiro atoms. The minimum atomic E-state index is -0.883. The number of hydrogen-bond acceptors (Lipinski definition) is 2. The molecule has 0 bridgehead atoms. The molecule has 2 amide bonds. The molecule has 0 fully saturated rings. The Hall–Kier alpha value is -1.26. The second-order valence-corrected chi connectivity index (χ2v) is 5.89. The molecule has 0 aromatic carbocycles. The average Bonchev–Trinajstić information content (AvgIpc) is 2.32. The molecule has 2 N–H and O–H groups in total. The topological polar surface area (TPSA) is 69.6 Å². The Balaban J connectivity index is 4.58. The third-order valence-corrected chi connectivity index (χ3v) is 3.39. The minimum Gasteiger partial charge on any atom is -0.481 e. The van der Waals surface area contributed by atoms with Gasteiger partial charge in [0.1, 0.15) is 0 Å². The van der Waals surface area contributed by atoms with Crippen LogP contribution in [0.25, 0.3) is 0 Å². The van der Waals surface area contributed by atoms with Gasteiger partial charge in [-0.1, -0.05) is 33.6 Å². The van der Waals surface area contributed by atoms with Crippen LogP contribution in [0.2, 0.25) is 0 Å². The summed E-state index contributed by atoms with van der Waals surface area (Å²) in [6.07, 6.45) is 3.15. The molecule has 5 heteroatoms. The number of nitrogens with zero attached hydrogens (tertiary/aromatic N) is 1. The summed E-state index contributed by atoms with van der Waals surface area (Å²) in [4.78, 5) is 24.9. The molecule has 0 radical (unpaired) electrons. The molecule has 118 valence electrons. The maximum absolute atomic E-state index is 12.3. The van der Waals surface area contributed by atoms with Gasteiger partial charge in [0.05, 0.1) is 6.42 Å². The SMILES string of the molecule is CCCCCN(C(=O)NC(CC(=O)O)C(C)C)C(C)C. The van der Waals surface area contributed by atoms with E-state index in [1.54, 1.807) is 4.90 Å². The highest BCUT2D eigenvalue weighted by Gasteiger charge is 2.23. The van der Waals surface area contributed by atoms with Crippen LogP contribution in [0.1, 0.15) is 60.3 Å². The molecule has 5 nitrogen and oxygen atoms in total. The van der Waals surface area contributed by atoms with Gasteiger partial charge >= 0.3 is 12.0 Å². The summed E-state index contributed by atoms with van der Waals surface area (Å²) in [6, 6.07) is -0.368. The predicted molar refractivity (Wildman–Crippen MR) is 80.8 cm³/mol. The number of carboxylic acid groups (broad SMARTS) is 1. The van der Waals surface area contributed by atoms with Crippen LogP contribution in [0.3, 0.4) is 0 Å². The number of carboxylic acids is 1. The molecule has 0 aromatic rings. The van der Waals surface area contributed by atoms with Crippen LogP contribution in [0.5, 0.6) is 0 Å². The second-order valence-electron chi connectivity index (χ2n) is 5.89. The quantitative estimate of drug-likeness (QED) is 0.640. The van der Waals surface area contributed by atoms with E-state index in [4.69, 9.17) is 5.11 Å². The highest BCUT2D eigenvalue weighted by molar-refractivity contribution is 5.76. The van der Waals surface area contributed by atoms with Crippen molar-refractivity contribution < 1.29 is 14.7 Å². The summed E-state index contributed by atoms with van der Waals surface area (Å²) < 4.78 is 0. The van der Waals surface area contributed by atoms with Crippen molar-refractivity contribution in [1.29, 1.82) is 0 Å². The zero-order valence-electron chi connectivity index (χ0n) is 13.5. The molecule has 0 aliphatic carbocycles. The Morgan fingerprint density at radius 3 is 2.15 bits per heavy atom. The number of amides is 2. The van der Waals surface area contributed by atoms with E-state index in [2.05, 4.69) is 12.2 Å². The first-order valence-electron chi connectivity index (χ1n) is 7.58. The summed E-state index contributed by atoms with van der Waals surface area (Å²) in [5.41, 5.74) is 0. The van der Waals surface area contributed by atoms with Gasteiger partial charge in [0, 0.05) is 18.6 Å². The summed E-state index contributed by atoms with van der Waals surface area (Å²) in [5, 5.41) is 11.8. The lowest BCUT2D eigenvalue weighted by atomic mass is 10.0. The van der Waals surface area contributed by atoms with E-state index >= 15 is 0 Å². The first-order chi connectivity index (χ1) is 9.29. The fourth-order valence-corrected chi connectivity index (χ4v) is 2.01.